The van der Waals surface area contributed by atoms with Crippen molar-refractivity contribution in [2.45, 2.75) is 23.5 Å². The van der Waals surface area contributed by atoms with Gasteiger partial charge in [-0.1, -0.05) is 11.6 Å². The zero-order chi connectivity index (χ0) is 15.6. The smallest absolute Gasteiger partial charge is 0.335 e. The lowest BCUT2D eigenvalue weighted by Gasteiger charge is -2.28. The first-order chi connectivity index (χ1) is 9.81. The Kier molecular flexibility index (Phi) is 4.84. The van der Waals surface area contributed by atoms with Crippen LogP contribution in [-0.4, -0.2) is 50.0 Å². The largest absolute Gasteiger partial charge is 0.478 e. The van der Waals surface area contributed by atoms with Crippen molar-refractivity contribution in [2.24, 2.45) is 0 Å². The van der Waals surface area contributed by atoms with Gasteiger partial charge in [-0.15, -0.1) is 0 Å². The van der Waals surface area contributed by atoms with Crippen molar-refractivity contribution in [1.82, 2.24) is 4.72 Å². The Morgan fingerprint density at radius 3 is 2.76 bits per heavy atom. The maximum atomic E-state index is 12.3. The molecule has 116 valence electrons. The highest BCUT2D eigenvalue weighted by molar-refractivity contribution is 7.89. The van der Waals surface area contributed by atoms with Gasteiger partial charge in [0.15, 0.2) is 0 Å². The van der Waals surface area contributed by atoms with Crippen LogP contribution in [0.2, 0.25) is 5.02 Å². The van der Waals surface area contributed by atoms with E-state index in [0.717, 1.165) is 6.07 Å². The number of hydrogen-bond donors (Lipinski definition) is 3. The lowest BCUT2D eigenvalue weighted by molar-refractivity contribution is -0.0222. The molecule has 0 aromatic heterocycles. The van der Waals surface area contributed by atoms with Crippen LogP contribution in [0.25, 0.3) is 0 Å². The van der Waals surface area contributed by atoms with Crippen LogP contribution in [0, 0.1) is 0 Å². The van der Waals surface area contributed by atoms with E-state index in [1.807, 2.05) is 0 Å². The molecule has 2 rings (SSSR count). The van der Waals surface area contributed by atoms with Gasteiger partial charge in [-0.05, 0) is 24.6 Å². The summed E-state index contributed by atoms with van der Waals surface area (Å²) in [5, 5.41) is 18.5. The lowest BCUT2D eigenvalue weighted by Crippen LogP contribution is -2.48. The molecule has 0 aliphatic carbocycles. The molecular formula is C12H14ClNO6S. The van der Waals surface area contributed by atoms with Gasteiger partial charge in [0.1, 0.15) is 4.90 Å². The van der Waals surface area contributed by atoms with Gasteiger partial charge in [0, 0.05) is 6.61 Å². The highest BCUT2D eigenvalue weighted by atomic mass is 35.5. The number of carboxylic acids is 1. The summed E-state index contributed by atoms with van der Waals surface area (Å²) in [4.78, 5) is 10.6. The minimum absolute atomic E-state index is 0.0378. The summed E-state index contributed by atoms with van der Waals surface area (Å²) in [6.07, 6.45) is -0.647. The van der Waals surface area contributed by atoms with E-state index in [1.54, 1.807) is 0 Å². The standard InChI is InChI=1S/C12H14ClNO6S/c13-8-2-1-7(12(16)17)5-11(8)21(18,19)14-9-3-4-20-6-10(9)15/h1-2,5,9-10,14-15H,3-4,6H2,(H,16,17)/t9-,10-/m1/s1. The highest BCUT2D eigenvalue weighted by Crippen LogP contribution is 2.24. The average Bonchev–Trinajstić information content (AvgIpc) is 2.41. The van der Waals surface area contributed by atoms with Gasteiger partial charge in [0.25, 0.3) is 0 Å². The molecule has 1 aromatic rings. The maximum Gasteiger partial charge on any atom is 0.335 e. The lowest BCUT2D eigenvalue weighted by atomic mass is 10.1. The minimum Gasteiger partial charge on any atom is -0.478 e. The first kappa shape index (κ1) is 16.2. The molecule has 0 saturated carbocycles. The molecule has 7 nitrogen and oxygen atoms in total. The third-order valence-electron chi connectivity index (χ3n) is 3.10. The number of aliphatic hydroxyl groups is 1. The molecule has 2 atom stereocenters. The molecule has 1 aromatic carbocycles. The third-order valence-corrected chi connectivity index (χ3v) is 5.07. The number of rotatable bonds is 4. The molecule has 1 saturated heterocycles. The normalized spacial score (nSPS) is 23.0. The maximum absolute atomic E-state index is 12.3. The third kappa shape index (κ3) is 3.72. The van der Waals surface area contributed by atoms with Gasteiger partial charge < -0.3 is 14.9 Å². The van der Waals surface area contributed by atoms with Crippen LogP contribution >= 0.6 is 11.6 Å². The van der Waals surface area contributed by atoms with E-state index in [2.05, 4.69) is 4.72 Å². The number of nitrogens with one attached hydrogen (secondary N) is 1. The number of benzene rings is 1. The van der Waals surface area contributed by atoms with Gasteiger partial charge in [0.05, 0.1) is 29.3 Å². The second-order valence-corrected chi connectivity index (χ2v) is 6.70. The number of aromatic carboxylic acids is 1. The second-order valence-electron chi connectivity index (χ2n) is 4.61. The summed E-state index contributed by atoms with van der Waals surface area (Å²) in [5.74, 6) is -1.26. The zero-order valence-electron chi connectivity index (χ0n) is 10.8. The van der Waals surface area contributed by atoms with Crippen LogP contribution in [-0.2, 0) is 14.8 Å². The van der Waals surface area contributed by atoms with E-state index in [9.17, 15) is 18.3 Å². The van der Waals surface area contributed by atoms with E-state index in [0.29, 0.717) is 13.0 Å². The number of sulfonamides is 1. The zero-order valence-corrected chi connectivity index (χ0v) is 12.4. The first-order valence-electron chi connectivity index (χ1n) is 6.12. The number of carbonyl (C=O) groups is 1. The minimum atomic E-state index is -4.04. The molecular weight excluding hydrogens is 322 g/mol. The van der Waals surface area contributed by atoms with E-state index in [1.165, 1.54) is 12.1 Å². The number of carboxylic acid groups (broad SMARTS) is 1. The van der Waals surface area contributed by atoms with Crippen LogP contribution in [0.4, 0.5) is 0 Å². The van der Waals surface area contributed by atoms with Crippen LogP contribution in [0.15, 0.2) is 23.1 Å². The number of aliphatic hydroxyl groups excluding tert-OH is 1. The summed E-state index contributed by atoms with van der Waals surface area (Å²) in [6, 6.07) is 2.71. The van der Waals surface area contributed by atoms with Gasteiger partial charge >= 0.3 is 5.97 Å². The molecule has 0 unspecified atom stereocenters. The van der Waals surface area contributed by atoms with Crippen molar-refractivity contribution in [3.8, 4) is 0 Å². The predicted molar refractivity (Wildman–Crippen MR) is 74.0 cm³/mol. The van der Waals surface area contributed by atoms with Crippen molar-refractivity contribution >= 4 is 27.6 Å². The molecule has 1 fully saturated rings. The summed E-state index contributed by atoms with van der Waals surface area (Å²) in [7, 11) is -4.04. The molecule has 0 radical (unpaired) electrons. The number of hydrogen-bond acceptors (Lipinski definition) is 5. The first-order valence-corrected chi connectivity index (χ1v) is 7.98. The Bertz CT molecular complexity index is 647. The Morgan fingerprint density at radius 1 is 1.43 bits per heavy atom. The Balaban J connectivity index is 2.30. The van der Waals surface area contributed by atoms with Crippen molar-refractivity contribution in [2.75, 3.05) is 13.2 Å². The van der Waals surface area contributed by atoms with E-state index >= 15 is 0 Å². The van der Waals surface area contributed by atoms with Gasteiger partial charge in [-0.25, -0.2) is 17.9 Å². The topological polar surface area (TPSA) is 113 Å². The Labute approximate surface area is 126 Å². The molecule has 1 aliphatic rings. The highest BCUT2D eigenvalue weighted by Gasteiger charge is 2.30. The van der Waals surface area contributed by atoms with Crippen molar-refractivity contribution in [3.05, 3.63) is 28.8 Å². The molecule has 0 spiro atoms. The summed E-state index contributed by atoms with van der Waals surface area (Å²) >= 11 is 5.84. The molecule has 0 bridgehead atoms. The van der Waals surface area contributed by atoms with E-state index in [4.69, 9.17) is 21.4 Å². The second kappa shape index (κ2) is 6.29. The van der Waals surface area contributed by atoms with Crippen molar-refractivity contribution < 1.29 is 28.2 Å². The fourth-order valence-electron chi connectivity index (χ4n) is 1.97. The molecule has 1 aliphatic heterocycles. The molecule has 21 heavy (non-hydrogen) atoms. The summed E-state index contributed by atoms with van der Waals surface area (Å²) < 4.78 is 32.0. The van der Waals surface area contributed by atoms with Crippen LogP contribution in [0.1, 0.15) is 16.8 Å². The van der Waals surface area contributed by atoms with Crippen molar-refractivity contribution in [1.29, 1.82) is 0 Å². The van der Waals surface area contributed by atoms with Gasteiger partial charge in [0.2, 0.25) is 10.0 Å². The summed E-state index contributed by atoms with van der Waals surface area (Å²) in [5.41, 5.74) is -0.188. The van der Waals surface area contributed by atoms with E-state index in [-0.39, 0.29) is 22.1 Å². The van der Waals surface area contributed by atoms with E-state index < -0.39 is 28.1 Å². The fourth-order valence-corrected chi connectivity index (χ4v) is 3.80. The predicted octanol–water partition coefficient (Wildman–Crippen LogP) is 0.466. The Hall–Kier alpha value is -1.19. The quantitative estimate of drug-likeness (QED) is 0.737. The van der Waals surface area contributed by atoms with Crippen LogP contribution in [0.5, 0.6) is 0 Å². The molecule has 3 N–H and O–H groups in total. The van der Waals surface area contributed by atoms with Gasteiger partial charge in [-0.3, -0.25) is 0 Å². The monoisotopic (exact) mass is 335 g/mol. The summed E-state index contributed by atoms with van der Waals surface area (Å²) in [6.45, 7) is 0.364. The van der Waals surface area contributed by atoms with Crippen LogP contribution in [0.3, 0.4) is 0 Å². The average molecular weight is 336 g/mol. The van der Waals surface area contributed by atoms with Crippen LogP contribution < -0.4 is 4.72 Å². The fraction of sp³-hybridized carbons (Fsp3) is 0.417. The molecule has 1 heterocycles. The van der Waals surface area contributed by atoms with Crippen molar-refractivity contribution in [3.63, 3.8) is 0 Å². The number of halogens is 1. The molecule has 9 heteroatoms. The SMILES string of the molecule is O=C(O)c1ccc(Cl)c(S(=O)(=O)N[C@@H]2CCOC[C@H]2O)c1. The number of ether oxygens (including phenoxy) is 1. The van der Waals surface area contributed by atoms with Gasteiger partial charge in [-0.2, -0.15) is 0 Å². The Morgan fingerprint density at radius 2 is 2.14 bits per heavy atom. The molecule has 0 amide bonds.